The average molecular weight is 284 g/mol. The molecule has 5 nitrogen and oxygen atoms in total. The van der Waals surface area contributed by atoms with Gasteiger partial charge in [-0.05, 0) is 59.0 Å². The standard InChI is InChI=1S/C15H28N2O3/c1-15(2,3)20-14(18)16-7-4-12-5-8-17(9-6-12)13-10-19-11-13/h12-13H,4-11H2,1-3H3,(H,16,18). The van der Waals surface area contributed by atoms with E-state index in [0.717, 1.165) is 25.6 Å². The molecule has 0 saturated carbocycles. The number of hydrogen-bond acceptors (Lipinski definition) is 4. The van der Waals surface area contributed by atoms with Crippen molar-refractivity contribution in [3.05, 3.63) is 0 Å². The molecule has 0 aromatic carbocycles. The van der Waals surface area contributed by atoms with E-state index in [1.54, 1.807) is 0 Å². The molecule has 20 heavy (non-hydrogen) atoms. The van der Waals surface area contributed by atoms with Crippen LogP contribution < -0.4 is 5.32 Å². The van der Waals surface area contributed by atoms with Gasteiger partial charge in [0.1, 0.15) is 5.60 Å². The van der Waals surface area contributed by atoms with Crippen molar-refractivity contribution < 1.29 is 14.3 Å². The van der Waals surface area contributed by atoms with Crippen molar-refractivity contribution >= 4 is 6.09 Å². The van der Waals surface area contributed by atoms with Gasteiger partial charge in [0.25, 0.3) is 0 Å². The molecule has 2 aliphatic rings. The molecule has 2 fully saturated rings. The second-order valence-electron chi connectivity index (χ2n) is 6.89. The van der Waals surface area contributed by atoms with Crippen LogP contribution in [0.5, 0.6) is 0 Å². The van der Waals surface area contributed by atoms with Crippen LogP contribution in [0.15, 0.2) is 0 Å². The van der Waals surface area contributed by atoms with E-state index in [2.05, 4.69) is 10.2 Å². The lowest BCUT2D eigenvalue weighted by Gasteiger charge is -2.41. The Morgan fingerprint density at radius 1 is 1.30 bits per heavy atom. The van der Waals surface area contributed by atoms with E-state index >= 15 is 0 Å². The van der Waals surface area contributed by atoms with Crippen LogP contribution in [-0.4, -0.2) is 55.5 Å². The number of piperidine rings is 1. The number of ether oxygens (including phenoxy) is 2. The lowest BCUT2D eigenvalue weighted by molar-refractivity contribution is -0.0739. The fourth-order valence-electron chi connectivity index (χ4n) is 2.73. The van der Waals surface area contributed by atoms with E-state index in [-0.39, 0.29) is 6.09 Å². The fraction of sp³-hybridized carbons (Fsp3) is 0.933. The maximum Gasteiger partial charge on any atom is 0.407 e. The Labute approximate surface area is 122 Å². The van der Waals surface area contributed by atoms with Crippen molar-refractivity contribution in [1.82, 2.24) is 10.2 Å². The lowest BCUT2D eigenvalue weighted by atomic mass is 9.92. The van der Waals surface area contributed by atoms with Gasteiger partial charge in [0.15, 0.2) is 0 Å². The average Bonchev–Trinajstić information content (AvgIpc) is 2.26. The van der Waals surface area contributed by atoms with Gasteiger partial charge >= 0.3 is 6.09 Å². The monoisotopic (exact) mass is 284 g/mol. The summed E-state index contributed by atoms with van der Waals surface area (Å²) in [5.74, 6) is 0.724. The number of nitrogens with one attached hydrogen (secondary N) is 1. The van der Waals surface area contributed by atoms with Crippen LogP contribution >= 0.6 is 0 Å². The van der Waals surface area contributed by atoms with Crippen molar-refractivity contribution in [3.8, 4) is 0 Å². The lowest BCUT2D eigenvalue weighted by Crippen LogP contribution is -2.51. The Hall–Kier alpha value is -0.810. The molecular weight excluding hydrogens is 256 g/mol. The summed E-state index contributed by atoms with van der Waals surface area (Å²) in [6, 6.07) is 0.663. The second-order valence-corrected chi connectivity index (χ2v) is 6.89. The van der Waals surface area contributed by atoms with Gasteiger partial charge in [0.05, 0.1) is 19.3 Å². The van der Waals surface area contributed by atoms with Gasteiger partial charge in [-0.25, -0.2) is 4.79 Å². The molecule has 1 amide bonds. The predicted molar refractivity (Wildman–Crippen MR) is 77.8 cm³/mol. The third-order valence-corrected chi connectivity index (χ3v) is 4.01. The molecule has 1 N–H and O–H groups in total. The normalized spacial score (nSPS) is 22.4. The van der Waals surface area contributed by atoms with E-state index < -0.39 is 5.60 Å². The van der Waals surface area contributed by atoms with Gasteiger partial charge in [-0.2, -0.15) is 0 Å². The minimum Gasteiger partial charge on any atom is -0.444 e. The number of carbonyl (C=O) groups excluding carboxylic acids is 1. The maximum atomic E-state index is 11.5. The van der Waals surface area contributed by atoms with E-state index in [1.165, 1.54) is 25.9 Å². The zero-order valence-electron chi connectivity index (χ0n) is 13.0. The summed E-state index contributed by atoms with van der Waals surface area (Å²) in [7, 11) is 0. The number of hydrogen-bond donors (Lipinski definition) is 1. The minimum absolute atomic E-state index is 0.304. The Kier molecular flexibility index (Phi) is 5.27. The van der Waals surface area contributed by atoms with Crippen molar-refractivity contribution in [2.75, 3.05) is 32.8 Å². The summed E-state index contributed by atoms with van der Waals surface area (Å²) >= 11 is 0. The minimum atomic E-state index is -0.416. The van der Waals surface area contributed by atoms with Gasteiger partial charge in [-0.3, -0.25) is 4.90 Å². The summed E-state index contributed by atoms with van der Waals surface area (Å²) in [6.07, 6.45) is 3.20. The van der Waals surface area contributed by atoms with Gasteiger partial charge < -0.3 is 14.8 Å². The van der Waals surface area contributed by atoms with E-state index in [9.17, 15) is 4.79 Å². The highest BCUT2D eigenvalue weighted by Gasteiger charge is 2.29. The van der Waals surface area contributed by atoms with E-state index in [0.29, 0.717) is 12.6 Å². The number of carbonyl (C=O) groups is 1. The van der Waals surface area contributed by atoms with Gasteiger partial charge in [-0.15, -0.1) is 0 Å². The van der Waals surface area contributed by atoms with Crippen molar-refractivity contribution in [1.29, 1.82) is 0 Å². The Balaban J connectivity index is 1.55. The number of alkyl carbamates (subject to hydrolysis) is 1. The zero-order valence-corrected chi connectivity index (χ0v) is 13.0. The summed E-state index contributed by atoms with van der Waals surface area (Å²) in [5.41, 5.74) is -0.416. The first-order valence-electron chi connectivity index (χ1n) is 7.73. The predicted octanol–water partition coefficient (Wildman–Crippen LogP) is 2.01. The molecule has 0 aromatic heterocycles. The molecule has 2 saturated heterocycles. The Bertz CT molecular complexity index is 316. The van der Waals surface area contributed by atoms with Crippen LogP contribution in [0.25, 0.3) is 0 Å². The summed E-state index contributed by atoms with van der Waals surface area (Å²) < 4.78 is 10.5. The Morgan fingerprint density at radius 2 is 1.95 bits per heavy atom. The molecule has 0 aromatic rings. The van der Waals surface area contributed by atoms with Gasteiger partial charge in [0, 0.05) is 6.54 Å². The Morgan fingerprint density at radius 3 is 2.45 bits per heavy atom. The maximum absolute atomic E-state index is 11.5. The molecule has 5 heteroatoms. The van der Waals surface area contributed by atoms with Crippen LogP contribution in [-0.2, 0) is 9.47 Å². The number of nitrogens with zero attached hydrogens (tertiary/aromatic N) is 1. The van der Waals surface area contributed by atoms with Crippen LogP contribution in [0.2, 0.25) is 0 Å². The topological polar surface area (TPSA) is 50.8 Å². The van der Waals surface area contributed by atoms with Gasteiger partial charge in [0.2, 0.25) is 0 Å². The van der Waals surface area contributed by atoms with Crippen LogP contribution in [0.1, 0.15) is 40.0 Å². The molecule has 2 heterocycles. The number of amides is 1. The first-order valence-corrected chi connectivity index (χ1v) is 7.73. The number of rotatable bonds is 4. The smallest absolute Gasteiger partial charge is 0.407 e. The SMILES string of the molecule is CC(C)(C)OC(=O)NCCC1CCN(C2COC2)CC1. The van der Waals surface area contributed by atoms with E-state index in [4.69, 9.17) is 9.47 Å². The highest BCUT2D eigenvalue weighted by molar-refractivity contribution is 5.67. The molecule has 2 rings (SSSR count). The first-order chi connectivity index (χ1) is 9.44. The molecule has 116 valence electrons. The van der Waals surface area contributed by atoms with Crippen LogP contribution in [0.4, 0.5) is 4.79 Å². The zero-order chi connectivity index (χ0) is 14.6. The highest BCUT2D eigenvalue weighted by Crippen LogP contribution is 2.23. The third-order valence-electron chi connectivity index (χ3n) is 4.01. The van der Waals surface area contributed by atoms with Crippen LogP contribution in [0.3, 0.4) is 0 Å². The molecule has 0 atom stereocenters. The summed E-state index contributed by atoms with van der Waals surface area (Å²) in [4.78, 5) is 14.1. The molecular formula is C15H28N2O3. The number of likely N-dealkylation sites (tertiary alicyclic amines) is 1. The van der Waals surface area contributed by atoms with Crippen molar-refractivity contribution in [2.24, 2.45) is 5.92 Å². The molecule has 2 aliphatic heterocycles. The quantitative estimate of drug-likeness (QED) is 0.858. The molecule has 0 unspecified atom stereocenters. The molecule has 0 radical (unpaired) electrons. The molecule has 0 spiro atoms. The van der Waals surface area contributed by atoms with Gasteiger partial charge in [-0.1, -0.05) is 0 Å². The second kappa shape index (κ2) is 6.76. The summed E-state index contributed by atoms with van der Waals surface area (Å²) in [5, 5.41) is 2.85. The first kappa shape index (κ1) is 15.6. The highest BCUT2D eigenvalue weighted by atomic mass is 16.6. The molecule has 0 aliphatic carbocycles. The van der Waals surface area contributed by atoms with Crippen molar-refractivity contribution in [2.45, 2.75) is 51.7 Å². The molecule has 0 bridgehead atoms. The fourth-order valence-corrected chi connectivity index (χ4v) is 2.73. The van der Waals surface area contributed by atoms with Crippen LogP contribution in [0, 0.1) is 5.92 Å². The third kappa shape index (κ3) is 4.94. The summed E-state index contributed by atoms with van der Waals surface area (Å²) in [6.45, 7) is 10.5. The largest absolute Gasteiger partial charge is 0.444 e. The van der Waals surface area contributed by atoms with E-state index in [1.807, 2.05) is 20.8 Å². The van der Waals surface area contributed by atoms with Crippen molar-refractivity contribution in [3.63, 3.8) is 0 Å².